The fourth-order valence-electron chi connectivity index (χ4n) is 4.37. The van der Waals surface area contributed by atoms with E-state index in [2.05, 4.69) is 25.7 Å². The molecule has 0 spiro atoms. The zero-order valence-corrected chi connectivity index (χ0v) is 18.7. The first-order chi connectivity index (χ1) is 17.0. The van der Waals surface area contributed by atoms with Gasteiger partial charge in [-0.3, -0.25) is 4.79 Å². The highest BCUT2D eigenvalue weighted by Crippen LogP contribution is 2.40. The minimum absolute atomic E-state index is 0.0920. The van der Waals surface area contributed by atoms with E-state index in [9.17, 15) is 9.18 Å². The van der Waals surface area contributed by atoms with Gasteiger partial charge in [-0.25, -0.2) is 4.39 Å². The molecule has 5 aromatic rings. The van der Waals surface area contributed by atoms with E-state index < -0.39 is 0 Å². The molecule has 10 heteroatoms. The lowest BCUT2D eigenvalue weighted by molar-refractivity contribution is -0.116. The summed E-state index contributed by atoms with van der Waals surface area (Å²) in [6.45, 7) is 2.27. The molecule has 9 nitrogen and oxygen atoms in total. The van der Waals surface area contributed by atoms with Gasteiger partial charge in [-0.15, -0.1) is 15.3 Å². The van der Waals surface area contributed by atoms with Crippen molar-refractivity contribution in [2.75, 3.05) is 5.32 Å². The fraction of sp³-hybridized carbons (Fsp3) is 0.160. The zero-order valence-electron chi connectivity index (χ0n) is 18.7. The van der Waals surface area contributed by atoms with Crippen molar-refractivity contribution in [1.29, 1.82) is 0 Å². The van der Waals surface area contributed by atoms with E-state index >= 15 is 0 Å². The predicted octanol–water partition coefficient (Wildman–Crippen LogP) is 3.81. The Morgan fingerprint density at radius 1 is 1.06 bits per heavy atom. The normalized spacial score (nSPS) is 15.1. The van der Waals surface area contributed by atoms with Crippen LogP contribution in [0.3, 0.4) is 0 Å². The van der Waals surface area contributed by atoms with E-state index in [0.717, 1.165) is 22.4 Å². The molecule has 2 aromatic carbocycles. The molecule has 1 amide bonds. The Labute approximate surface area is 199 Å². The Morgan fingerprint density at radius 2 is 1.86 bits per heavy atom. The van der Waals surface area contributed by atoms with Gasteiger partial charge in [-0.1, -0.05) is 24.3 Å². The summed E-state index contributed by atoms with van der Waals surface area (Å²) in [5, 5.41) is 20.0. The second kappa shape index (κ2) is 8.32. The molecule has 0 fully saturated rings. The van der Waals surface area contributed by atoms with Gasteiger partial charge in [-0.05, 0) is 54.4 Å². The number of rotatable bonds is 5. The lowest BCUT2D eigenvalue weighted by Gasteiger charge is -2.24. The molecule has 0 saturated heterocycles. The van der Waals surface area contributed by atoms with E-state index in [4.69, 9.17) is 4.74 Å². The molecule has 1 unspecified atom stereocenters. The van der Waals surface area contributed by atoms with Crippen molar-refractivity contribution in [1.82, 2.24) is 29.6 Å². The van der Waals surface area contributed by atoms with Crippen LogP contribution in [-0.2, 0) is 11.4 Å². The average Bonchev–Trinajstić information content (AvgIpc) is 3.47. The number of hydrogen-bond acceptors (Lipinski definition) is 6. The Bertz CT molecular complexity index is 1540. The standard InChI is InChI=1S/C25H20FN7O2/c1-15-24-20(17-4-8-19(9-5-17)35-13-16-2-6-18(26)7-3-16)12-23(34)28-25(24)33(30-15)22-11-10-21-29-27-14-32(21)31-22/h2-11,14,20H,12-13H2,1H3,(H,28,34). The quantitative estimate of drug-likeness (QED) is 0.420. The number of amides is 1. The number of aryl methyl sites for hydroxylation is 1. The van der Waals surface area contributed by atoms with Crippen LogP contribution in [0.2, 0.25) is 0 Å². The highest BCUT2D eigenvalue weighted by molar-refractivity contribution is 5.95. The lowest BCUT2D eigenvalue weighted by atomic mass is 9.86. The second-order valence-electron chi connectivity index (χ2n) is 8.37. The van der Waals surface area contributed by atoms with Crippen LogP contribution in [0.25, 0.3) is 11.5 Å². The van der Waals surface area contributed by atoms with Gasteiger partial charge in [0.05, 0.1) is 5.69 Å². The number of ether oxygens (including phenoxy) is 1. The molecular weight excluding hydrogens is 449 g/mol. The number of fused-ring (bicyclic) bond motifs is 2. The maximum absolute atomic E-state index is 13.1. The number of carbonyl (C=O) groups is 1. The highest BCUT2D eigenvalue weighted by Gasteiger charge is 2.33. The Balaban J connectivity index is 1.29. The van der Waals surface area contributed by atoms with E-state index in [-0.39, 0.29) is 17.6 Å². The average molecular weight is 469 g/mol. The van der Waals surface area contributed by atoms with E-state index in [1.54, 1.807) is 33.5 Å². The third-order valence-corrected chi connectivity index (χ3v) is 6.07. The monoisotopic (exact) mass is 469 g/mol. The number of hydrogen-bond donors (Lipinski definition) is 1. The summed E-state index contributed by atoms with van der Waals surface area (Å²) >= 11 is 0. The van der Waals surface area contributed by atoms with Gasteiger partial charge in [0.2, 0.25) is 5.91 Å². The van der Waals surface area contributed by atoms with Gasteiger partial charge in [0.15, 0.2) is 11.5 Å². The Morgan fingerprint density at radius 3 is 2.66 bits per heavy atom. The topological polar surface area (TPSA) is 99.2 Å². The van der Waals surface area contributed by atoms with Crippen LogP contribution in [-0.4, -0.2) is 35.5 Å². The van der Waals surface area contributed by atoms with Gasteiger partial charge in [-0.2, -0.15) is 14.3 Å². The van der Waals surface area contributed by atoms with Crippen molar-refractivity contribution in [3.63, 3.8) is 0 Å². The molecule has 1 atom stereocenters. The Kier molecular flexibility index (Phi) is 4.98. The minimum Gasteiger partial charge on any atom is -0.489 e. The summed E-state index contributed by atoms with van der Waals surface area (Å²) in [5.41, 5.74) is 4.25. The number of anilines is 1. The molecule has 6 rings (SSSR count). The van der Waals surface area contributed by atoms with Gasteiger partial charge < -0.3 is 10.1 Å². The zero-order chi connectivity index (χ0) is 23.9. The van der Waals surface area contributed by atoms with E-state index in [1.165, 1.54) is 18.5 Å². The predicted molar refractivity (Wildman–Crippen MR) is 125 cm³/mol. The Hall–Kier alpha value is -4.60. The van der Waals surface area contributed by atoms with Crippen LogP contribution in [0, 0.1) is 12.7 Å². The van der Waals surface area contributed by atoms with Crippen LogP contribution in [0.5, 0.6) is 5.75 Å². The van der Waals surface area contributed by atoms with Crippen LogP contribution >= 0.6 is 0 Å². The lowest BCUT2D eigenvalue weighted by Crippen LogP contribution is -2.25. The highest BCUT2D eigenvalue weighted by atomic mass is 19.1. The van der Waals surface area contributed by atoms with Crippen LogP contribution in [0.15, 0.2) is 67.0 Å². The molecule has 0 bridgehead atoms. The summed E-state index contributed by atoms with van der Waals surface area (Å²) in [4.78, 5) is 12.7. The number of nitrogens with one attached hydrogen (secondary N) is 1. The van der Waals surface area contributed by atoms with Crippen molar-refractivity contribution < 1.29 is 13.9 Å². The number of halogens is 1. The van der Waals surface area contributed by atoms with Gasteiger partial charge in [0, 0.05) is 17.9 Å². The summed E-state index contributed by atoms with van der Waals surface area (Å²) in [6, 6.07) is 17.5. The van der Waals surface area contributed by atoms with Crippen molar-refractivity contribution in [3.05, 3.63) is 95.2 Å². The third kappa shape index (κ3) is 3.88. The van der Waals surface area contributed by atoms with Crippen molar-refractivity contribution in [2.24, 2.45) is 0 Å². The van der Waals surface area contributed by atoms with Gasteiger partial charge in [0.1, 0.15) is 30.3 Å². The maximum atomic E-state index is 13.1. The number of benzene rings is 2. The summed E-state index contributed by atoms with van der Waals surface area (Å²) in [5.74, 6) is 1.33. The second-order valence-corrected chi connectivity index (χ2v) is 8.37. The van der Waals surface area contributed by atoms with Crippen molar-refractivity contribution in [2.45, 2.75) is 25.9 Å². The molecular formula is C25H20FN7O2. The SMILES string of the molecule is Cc1nn(-c2ccc3nncn3n2)c2c1C(c1ccc(OCc3ccc(F)cc3)cc1)CC(=O)N2. The summed E-state index contributed by atoms with van der Waals surface area (Å²) in [7, 11) is 0. The van der Waals surface area contributed by atoms with E-state index in [0.29, 0.717) is 36.1 Å². The molecule has 1 N–H and O–H groups in total. The molecule has 174 valence electrons. The molecule has 1 aliphatic heterocycles. The molecule has 35 heavy (non-hydrogen) atoms. The first-order valence-corrected chi connectivity index (χ1v) is 11.1. The molecule has 0 aliphatic carbocycles. The van der Waals surface area contributed by atoms with Crippen molar-refractivity contribution >= 4 is 17.4 Å². The van der Waals surface area contributed by atoms with E-state index in [1.807, 2.05) is 31.2 Å². The smallest absolute Gasteiger partial charge is 0.226 e. The first-order valence-electron chi connectivity index (χ1n) is 11.1. The number of nitrogens with zero attached hydrogens (tertiary/aromatic N) is 6. The molecule has 4 heterocycles. The summed E-state index contributed by atoms with van der Waals surface area (Å²) in [6.07, 6.45) is 1.83. The van der Waals surface area contributed by atoms with Crippen LogP contribution in [0.4, 0.5) is 10.2 Å². The van der Waals surface area contributed by atoms with Crippen LogP contribution < -0.4 is 10.1 Å². The third-order valence-electron chi connectivity index (χ3n) is 6.07. The molecule has 0 radical (unpaired) electrons. The first kappa shape index (κ1) is 21.0. The van der Waals surface area contributed by atoms with Gasteiger partial charge in [0.25, 0.3) is 0 Å². The fourth-order valence-corrected chi connectivity index (χ4v) is 4.37. The maximum Gasteiger partial charge on any atom is 0.226 e. The summed E-state index contributed by atoms with van der Waals surface area (Å²) < 4.78 is 22.1. The largest absolute Gasteiger partial charge is 0.489 e. The number of carbonyl (C=O) groups excluding carboxylic acids is 1. The van der Waals surface area contributed by atoms with Crippen LogP contribution in [0.1, 0.15) is 34.7 Å². The van der Waals surface area contributed by atoms with Gasteiger partial charge >= 0.3 is 0 Å². The molecule has 0 saturated carbocycles. The minimum atomic E-state index is -0.275. The molecule has 3 aromatic heterocycles. The van der Waals surface area contributed by atoms with Crippen molar-refractivity contribution in [3.8, 4) is 11.6 Å². The molecule has 1 aliphatic rings. The number of aromatic nitrogens is 6.